The molecule has 0 atom stereocenters. The number of hydrogen-bond donors (Lipinski definition) is 1. The van der Waals surface area contributed by atoms with Crippen LogP contribution < -0.4 is 5.32 Å². The Bertz CT molecular complexity index is 619. The standard InChI is InChI=1S/C14H16ClN3O/c1-9-14(16-11(3)19)10(2)18(17-9)8-12-6-4-5-7-13(12)15/h4-7H,8H2,1-3H3,(H,16,19). The molecule has 1 aromatic heterocycles. The molecular weight excluding hydrogens is 262 g/mol. The van der Waals surface area contributed by atoms with Crippen molar-refractivity contribution in [3.05, 3.63) is 46.2 Å². The molecule has 0 unspecified atom stereocenters. The van der Waals surface area contributed by atoms with Crippen LogP contribution in [0.25, 0.3) is 0 Å². The summed E-state index contributed by atoms with van der Waals surface area (Å²) < 4.78 is 1.85. The average molecular weight is 278 g/mol. The maximum atomic E-state index is 11.2. The molecule has 2 aromatic rings. The second-order valence-corrected chi connectivity index (χ2v) is 4.88. The largest absolute Gasteiger partial charge is 0.323 e. The Morgan fingerprint density at radius 2 is 2.05 bits per heavy atom. The molecule has 0 bridgehead atoms. The lowest BCUT2D eigenvalue weighted by Crippen LogP contribution is -2.08. The van der Waals surface area contributed by atoms with Crippen molar-refractivity contribution in [3.63, 3.8) is 0 Å². The molecule has 1 aromatic carbocycles. The Morgan fingerprint density at radius 1 is 1.37 bits per heavy atom. The predicted molar refractivity (Wildman–Crippen MR) is 76.6 cm³/mol. The van der Waals surface area contributed by atoms with Crippen molar-refractivity contribution in [2.75, 3.05) is 5.32 Å². The number of halogens is 1. The van der Waals surface area contributed by atoms with Gasteiger partial charge in [0.25, 0.3) is 0 Å². The highest BCUT2D eigenvalue weighted by atomic mass is 35.5. The second-order valence-electron chi connectivity index (χ2n) is 4.48. The van der Waals surface area contributed by atoms with Crippen molar-refractivity contribution in [2.45, 2.75) is 27.3 Å². The third-order valence-corrected chi connectivity index (χ3v) is 3.33. The summed E-state index contributed by atoms with van der Waals surface area (Å²) in [7, 11) is 0. The summed E-state index contributed by atoms with van der Waals surface area (Å²) in [6.07, 6.45) is 0. The Kier molecular flexibility index (Phi) is 3.90. The monoisotopic (exact) mass is 277 g/mol. The predicted octanol–water partition coefficient (Wildman–Crippen LogP) is 3.16. The van der Waals surface area contributed by atoms with E-state index in [1.54, 1.807) is 0 Å². The van der Waals surface area contributed by atoms with Crippen molar-refractivity contribution in [3.8, 4) is 0 Å². The van der Waals surface area contributed by atoms with Gasteiger partial charge in [-0.1, -0.05) is 29.8 Å². The van der Waals surface area contributed by atoms with Crippen LogP contribution in [0.5, 0.6) is 0 Å². The number of aromatic nitrogens is 2. The molecule has 1 heterocycles. The van der Waals surface area contributed by atoms with Crippen LogP contribution in [-0.2, 0) is 11.3 Å². The fourth-order valence-electron chi connectivity index (χ4n) is 2.00. The Balaban J connectivity index is 2.32. The van der Waals surface area contributed by atoms with Gasteiger partial charge in [0.15, 0.2) is 0 Å². The SMILES string of the molecule is CC(=O)Nc1c(C)nn(Cc2ccccc2Cl)c1C. The van der Waals surface area contributed by atoms with Gasteiger partial charge in [-0.2, -0.15) is 5.10 Å². The zero-order chi connectivity index (χ0) is 14.0. The van der Waals surface area contributed by atoms with E-state index in [9.17, 15) is 4.79 Å². The lowest BCUT2D eigenvalue weighted by Gasteiger charge is -2.07. The van der Waals surface area contributed by atoms with E-state index in [1.807, 2.05) is 42.8 Å². The van der Waals surface area contributed by atoms with Gasteiger partial charge in [0.1, 0.15) is 0 Å². The number of rotatable bonds is 3. The molecule has 2 rings (SSSR count). The molecule has 100 valence electrons. The number of carbonyl (C=O) groups is 1. The third kappa shape index (κ3) is 2.96. The Hall–Kier alpha value is -1.81. The lowest BCUT2D eigenvalue weighted by molar-refractivity contribution is -0.114. The molecule has 0 aliphatic heterocycles. The van der Waals surface area contributed by atoms with Crippen molar-refractivity contribution in [2.24, 2.45) is 0 Å². The van der Waals surface area contributed by atoms with Gasteiger partial charge in [0.2, 0.25) is 5.91 Å². The van der Waals surface area contributed by atoms with E-state index in [1.165, 1.54) is 6.92 Å². The minimum atomic E-state index is -0.0940. The molecule has 0 spiro atoms. The van der Waals surface area contributed by atoms with Crippen LogP contribution >= 0.6 is 11.6 Å². The van der Waals surface area contributed by atoms with E-state index in [0.29, 0.717) is 6.54 Å². The fourth-order valence-corrected chi connectivity index (χ4v) is 2.19. The van der Waals surface area contributed by atoms with Crippen molar-refractivity contribution >= 4 is 23.2 Å². The maximum absolute atomic E-state index is 11.2. The quantitative estimate of drug-likeness (QED) is 0.937. The normalized spacial score (nSPS) is 10.5. The van der Waals surface area contributed by atoms with Crippen LogP contribution in [-0.4, -0.2) is 15.7 Å². The van der Waals surface area contributed by atoms with E-state index >= 15 is 0 Å². The van der Waals surface area contributed by atoms with Gasteiger partial charge in [0, 0.05) is 11.9 Å². The Labute approximate surface area is 117 Å². The van der Waals surface area contributed by atoms with Gasteiger partial charge in [-0.05, 0) is 25.5 Å². The average Bonchev–Trinajstić information content (AvgIpc) is 2.60. The smallest absolute Gasteiger partial charge is 0.221 e. The zero-order valence-electron chi connectivity index (χ0n) is 11.2. The lowest BCUT2D eigenvalue weighted by atomic mass is 10.2. The minimum absolute atomic E-state index is 0.0940. The van der Waals surface area contributed by atoms with Crippen molar-refractivity contribution in [1.82, 2.24) is 9.78 Å². The molecule has 0 saturated heterocycles. The first-order chi connectivity index (χ1) is 8.99. The van der Waals surface area contributed by atoms with Crippen LogP contribution in [0.15, 0.2) is 24.3 Å². The molecule has 1 amide bonds. The molecule has 5 heteroatoms. The van der Waals surface area contributed by atoms with Gasteiger partial charge < -0.3 is 5.32 Å². The van der Waals surface area contributed by atoms with Crippen molar-refractivity contribution < 1.29 is 4.79 Å². The van der Waals surface area contributed by atoms with E-state index in [2.05, 4.69) is 10.4 Å². The number of amides is 1. The van der Waals surface area contributed by atoms with Crippen LogP contribution in [0.4, 0.5) is 5.69 Å². The van der Waals surface area contributed by atoms with Crippen molar-refractivity contribution in [1.29, 1.82) is 0 Å². The summed E-state index contributed by atoms with van der Waals surface area (Å²) >= 11 is 6.15. The maximum Gasteiger partial charge on any atom is 0.221 e. The second kappa shape index (κ2) is 5.45. The molecule has 4 nitrogen and oxygen atoms in total. The van der Waals surface area contributed by atoms with Gasteiger partial charge in [0.05, 0.1) is 23.6 Å². The number of nitrogens with zero attached hydrogens (tertiary/aromatic N) is 2. The number of nitrogens with one attached hydrogen (secondary N) is 1. The molecule has 0 fully saturated rings. The van der Waals surface area contributed by atoms with E-state index in [0.717, 1.165) is 27.7 Å². The number of hydrogen-bond acceptors (Lipinski definition) is 2. The van der Waals surface area contributed by atoms with Gasteiger partial charge >= 0.3 is 0 Å². The highest BCUT2D eigenvalue weighted by Gasteiger charge is 2.13. The minimum Gasteiger partial charge on any atom is -0.323 e. The summed E-state index contributed by atoms with van der Waals surface area (Å²) in [5, 5.41) is 7.97. The number of benzene rings is 1. The van der Waals surface area contributed by atoms with Crippen LogP contribution in [0.3, 0.4) is 0 Å². The fraction of sp³-hybridized carbons (Fsp3) is 0.286. The summed E-state index contributed by atoms with van der Waals surface area (Å²) in [5.74, 6) is -0.0940. The number of carbonyl (C=O) groups excluding carboxylic acids is 1. The number of aryl methyl sites for hydroxylation is 1. The summed E-state index contributed by atoms with van der Waals surface area (Å²) in [6, 6.07) is 7.67. The molecule has 19 heavy (non-hydrogen) atoms. The summed E-state index contributed by atoms with van der Waals surface area (Å²) in [6.45, 7) is 5.89. The van der Waals surface area contributed by atoms with E-state index in [-0.39, 0.29) is 5.91 Å². The van der Waals surface area contributed by atoms with Crippen LogP contribution in [0.1, 0.15) is 23.9 Å². The van der Waals surface area contributed by atoms with Gasteiger partial charge in [-0.3, -0.25) is 9.48 Å². The van der Waals surface area contributed by atoms with Crippen LogP contribution in [0.2, 0.25) is 5.02 Å². The molecule has 0 radical (unpaired) electrons. The summed E-state index contributed by atoms with van der Waals surface area (Å²) in [5.41, 5.74) is 3.51. The highest BCUT2D eigenvalue weighted by Crippen LogP contribution is 2.22. The first-order valence-corrected chi connectivity index (χ1v) is 6.42. The highest BCUT2D eigenvalue weighted by molar-refractivity contribution is 6.31. The first kappa shape index (κ1) is 13.6. The summed E-state index contributed by atoms with van der Waals surface area (Å²) in [4.78, 5) is 11.2. The first-order valence-electron chi connectivity index (χ1n) is 6.04. The molecule has 0 saturated carbocycles. The topological polar surface area (TPSA) is 46.9 Å². The molecule has 1 N–H and O–H groups in total. The van der Waals surface area contributed by atoms with E-state index in [4.69, 9.17) is 11.6 Å². The Morgan fingerprint density at radius 3 is 2.68 bits per heavy atom. The van der Waals surface area contributed by atoms with Gasteiger partial charge in [-0.25, -0.2) is 0 Å². The van der Waals surface area contributed by atoms with E-state index < -0.39 is 0 Å². The zero-order valence-corrected chi connectivity index (χ0v) is 12.0. The molecule has 0 aliphatic carbocycles. The van der Waals surface area contributed by atoms with Crippen LogP contribution in [0, 0.1) is 13.8 Å². The number of anilines is 1. The third-order valence-electron chi connectivity index (χ3n) is 2.96. The molecule has 0 aliphatic rings. The molecular formula is C14H16ClN3O. The van der Waals surface area contributed by atoms with Gasteiger partial charge in [-0.15, -0.1) is 0 Å².